The quantitative estimate of drug-likeness (QED) is 0.647. The smallest absolute Gasteiger partial charge is 0.317 e. The number of carbonyl (C=O) groups excluding carboxylic acids is 1. The largest absolute Gasteiger partial charge is 0.386 e. The summed E-state index contributed by atoms with van der Waals surface area (Å²) in [6.45, 7) is 3.45. The van der Waals surface area contributed by atoms with Gasteiger partial charge in [0.05, 0.1) is 35.7 Å². The van der Waals surface area contributed by atoms with E-state index in [0.717, 1.165) is 35.5 Å². The lowest BCUT2D eigenvalue weighted by Gasteiger charge is -2.42. The molecule has 0 saturated carbocycles. The van der Waals surface area contributed by atoms with Crippen molar-refractivity contribution in [3.05, 3.63) is 58.8 Å². The molecule has 0 bridgehead atoms. The number of nitrogens with one attached hydrogen (secondary N) is 1. The Bertz CT molecular complexity index is 1140. The van der Waals surface area contributed by atoms with Crippen LogP contribution in [0.15, 0.2) is 36.7 Å². The highest BCUT2D eigenvalue weighted by atomic mass is 35.5. The van der Waals surface area contributed by atoms with E-state index in [9.17, 15) is 14.3 Å². The van der Waals surface area contributed by atoms with E-state index >= 15 is 0 Å². The number of pyridine rings is 1. The molecule has 7 nitrogen and oxygen atoms in total. The maximum absolute atomic E-state index is 13.0. The average Bonchev–Trinajstić information content (AvgIpc) is 3.29. The van der Waals surface area contributed by atoms with Crippen molar-refractivity contribution in [1.82, 2.24) is 25.0 Å². The van der Waals surface area contributed by atoms with Crippen molar-refractivity contribution < 1.29 is 14.3 Å². The van der Waals surface area contributed by atoms with Crippen molar-refractivity contribution >= 4 is 28.5 Å². The Hall–Kier alpha value is -2.71. The summed E-state index contributed by atoms with van der Waals surface area (Å²) in [6.07, 6.45) is 3.73. The summed E-state index contributed by atoms with van der Waals surface area (Å²) in [5.74, 6) is -0.252. The normalized spacial score (nSPS) is 23.5. The van der Waals surface area contributed by atoms with Crippen molar-refractivity contribution in [2.45, 2.75) is 38.0 Å². The van der Waals surface area contributed by atoms with Gasteiger partial charge in [0.1, 0.15) is 11.9 Å². The molecule has 2 N–H and O–H groups in total. The number of aliphatic hydroxyl groups excluding tert-OH is 1. The SMILES string of the molecule is CC1(C2CCN(C(=O)NCc3ccc(F)cn3)CC2)[C@H](O)c2cc(Cl)cc3cnn1c23. The highest BCUT2D eigenvalue weighted by Crippen LogP contribution is 2.51. The van der Waals surface area contributed by atoms with Crippen LogP contribution in [0.4, 0.5) is 9.18 Å². The molecule has 162 valence electrons. The number of hydrogen-bond donors (Lipinski definition) is 2. The summed E-state index contributed by atoms with van der Waals surface area (Å²) in [4.78, 5) is 18.3. The molecule has 1 unspecified atom stereocenters. The van der Waals surface area contributed by atoms with Crippen molar-refractivity contribution in [1.29, 1.82) is 0 Å². The number of urea groups is 1. The van der Waals surface area contributed by atoms with E-state index in [-0.39, 0.29) is 18.5 Å². The minimum Gasteiger partial charge on any atom is -0.386 e. The Morgan fingerprint density at radius 3 is 2.81 bits per heavy atom. The molecule has 2 aliphatic rings. The summed E-state index contributed by atoms with van der Waals surface area (Å²) < 4.78 is 14.9. The van der Waals surface area contributed by atoms with Crippen LogP contribution in [0.1, 0.15) is 37.1 Å². The Labute approximate surface area is 183 Å². The first-order valence-electron chi connectivity index (χ1n) is 10.4. The molecule has 2 aromatic heterocycles. The third-order valence-electron chi connectivity index (χ3n) is 6.78. The minimum absolute atomic E-state index is 0.152. The van der Waals surface area contributed by atoms with Gasteiger partial charge in [0.15, 0.2) is 0 Å². The van der Waals surface area contributed by atoms with Gasteiger partial charge in [0.2, 0.25) is 0 Å². The van der Waals surface area contributed by atoms with Crippen LogP contribution >= 0.6 is 11.6 Å². The van der Waals surface area contributed by atoms with E-state index in [1.54, 1.807) is 17.2 Å². The molecule has 5 rings (SSSR count). The maximum atomic E-state index is 13.0. The van der Waals surface area contributed by atoms with Crippen LogP contribution in [0.25, 0.3) is 10.9 Å². The second-order valence-electron chi connectivity index (χ2n) is 8.51. The van der Waals surface area contributed by atoms with E-state index in [4.69, 9.17) is 11.6 Å². The number of amides is 2. The number of halogens is 2. The zero-order valence-corrected chi connectivity index (χ0v) is 17.8. The predicted octanol–water partition coefficient (Wildman–Crippen LogP) is 3.61. The van der Waals surface area contributed by atoms with Crippen LogP contribution in [0.3, 0.4) is 0 Å². The number of nitrogens with zero attached hydrogens (tertiary/aromatic N) is 4. The highest BCUT2D eigenvalue weighted by Gasteiger charge is 2.50. The Morgan fingerprint density at radius 2 is 2.10 bits per heavy atom. The molecule has 2 amide bonds. The van der Waals surface area contributed by atoms with Gasteiger partial charge in [0, 0.05) is 29.1 Å². The van der Waals surface area contributed by atoms with Crippen molar-refractivity contribution in [2.24, 2.45) is 5.92 Å². The second kappa shape index (κ2) is 7.46. The fourth-order valence-corrected chi connectivity index (χ4v) is 5.25. The second-order valence-corrected chi connectivity index (χ2v) is 8.94. The molecular weight excluding hydrogens is 421 g/mol. The average molecular weight is 444 g/mol. The number of aromatic nitrogens is 3. The zero-order valence-electron chi connectivity index (χ0n) is 17.1. The van der Waals surface area contributed by atoms with Crippen LogP contribution < -0.4 is 5.32 Å². The Morgan fingerprint density at radius 1 is 1.32 bits per heavy atom. The summed E-state index contributed by atoms with van der Waals surface area (Å²) in [5.41, 5.74) is 1.77. The van der Waals surface area contributed by atoms with E-state index in [2.05, 4.69) is 15.4 Å². The molecule has 2 atom stereocenters. The lowest BCUT2D eigenvalue weighted by atomic mass is 9.75. The van der Waals surface area contributed by atoms with E-state index in [1.807, 2.05) is 23.7 Å². The lowest BCUT2D eigenvalue weighted by molar-refractivity contribution is -0.0116. The molecular formula is C22H23ClFN5O2. The number of carbonyl (C=O) groups is 1. The molecule has 2 aliphatic heterocycles. The molecule has 4 heterocycles. The topological polar surface area (TPSA) is 83.3 Å². The maximum Gasteiger partial charge on any atom is 0.317 e. The van der Waals surface area contributed by atoms with Crippen LogP contribution in [0, 0.1) is 11.7 Å². The Kier molecular flexibility index (Phi) is 4.86. The first-order chi connectivity index (χ1) is 14.9. The molecule has 31 heavy (non-hydrogen) atoms. The first-order valence-corrected chi connectivity index (χ1v) is 10.7. The Balaban J connectivity index is 1.26. The molecule has 3 aromatic rings. The summed E-state index contributed by atoms with van der Waals surface area (Å²) in [5, 5.41) is 20.2. The number of hydrogen-bond acceptors (Lipinski definition) is 4. The number of rotatable bonds is 3. The summed E-state index contributed by atoms with van der Waals surface area (Å²) >= 11 is 6.24. The minimum atomic E-state index is -0.702. The van der Waals surface area contributed by atoms with Crippen LogP contribution in [0.2, 0.25) is 5.02 Å². The molecule has 0 aliphatic carbocycles. The summed E-state index contributed by atoms with van der Waals surface area (Å²) in [6, 6.07) is 6.40. The lowest BCUT2D eigenvalue weighted by Crippen LogP contribution is -2.50. The van der Waals surface area contributed by atoms with Gasteiger partial charge in [0.25, 0.3) is 0 Å². The van der Waals surface area contributed by atoms with E-state index < -0.39 is 17.5 Å². The first kappa shape index (κ1) is 20.2. The van der Waals surface area contributed by atoms with Gasteiger partial charge in [-0.05, 0) is 49.9 Å². The molecule has 1 saturated heterocycles. The monoisotopic (exact) mass is 443 g/mol. The zero-order chi connectivity index (χ0) is 21.8. The van der Waals surface area contributed by atoms with Crippen LogP contribution in [-0.4, -0.2) is 43.9 Å². The van der Waals surface area contributed by atoms with E-state index in [1.165, 1.54) is 6.07 Å². The number of piperidine rings is 1. The van der Waals surface area contributed by atoms with Gasteiger partial charge in [-0.2, -0.15) is 5.10 Å². The molecule has 0 spiro atoms. The van der Waals surface area contributed by atoms with Gasteiger partial charge in [-0.1, -0.05) is 11.6 Å². The summed E-state index contributed by atoms with van der Waals surface area (Å²) in [7, 11) is 0. The molecule has 1 aromatic carbocycles. The fourth-order valence-electron chi connectivity index (χ4n) is 5.02. The highest BCUT2D eigenvalue weighted by molar-refractivity contribution is 6.31. The van der Waals surface area contributed by atoms with Gasteiger partial charge in [-0.15, -0.1) is 0 Å². The van der Waals surface area contributed by atoms with Crippen molar-refractivity contribution in [2.75, 3.05) is 13.1 Å². The van der Waals surface area contributed by atoms with Crippen LogP contribution in [-0.2, 0) is 12.1 Å². The van der Waals surface area contributed by atoms with Gasteiger partial charge >= 0.3 is 6.03 Å². The number of likely N-dealkylation sites (tertiary alicyclic amines) is 1. The standard InChI is InChI=1S/C22H23ClFN5O2/c1-22(20(30)18-9-15(23)8-13-10-27-29(22)19(13)18)14-4-6-28(7-5-14)21(31)26-12-17-3-2-16(24)11-25-17/h2-3,8-11,14,20,30H,4-7,12H2,1H3,(H,26,31)/t20-,22?/m1/s1. The van der Waals surface area contributed by atoms with Gasteiger partial charge in [-0.3, -0.25) is 9.67 Å². The number of benzene rings is 1. The van der Waals surface area contributed by atoms with Gasteiger partial charge in [-0.25, -0.2) is 9.18 Å². The number of aliphatic hydroxyl groups is 1. The predicted molar refractivity (Wildman–Crippen MR) is 114 cm³/mol. The van der Waals surface area contributed by atoms with Gasteiger partial charge < -0.3 is 15.3 Å². The fraction of sp³-hybridized carbons (Fsp3) is 0.409. The van der Waals surface area contributed by atoms with Crippen molar-refractivity contribution in [3.63, 3.8) is 0 Å². The molecule has 0 radical (unpaired) electrons. The third-order valence-corrected chi connectivity index (χ3v) is 7.00. The molecule has 1 fully saturated rings. The van der Waals surface area contributed by atoms with Crippen molar-refractivity contribution in [3.8, 4) is 0 Å². The van der Waals surface area contributed by atoms with E-state index in [0.29, 0.717) is 23.8 Å². The molecule has 9 heteroatoms. The third kappa shape index (κ3) is 3.25. The van der Waals surface area contributed by atoms with Crippen LogP contribution in [0.5, 0.6) is 0 Å².